The van der Waals surface area contributed by atoms with Crippen molar-refractivity contribution in [3.8, 4) is 0 Å². The number of benzene rings is 1. The van der Waals surface area contributed by atoms with E-state index < -0.39 is 10.0 Å². The zero-order chi connectivity index (χ0) is 18.9. The third kappa shape index (κ3) is 4.81. The van der Waals surface area contributed by atoms with E-state index in [0.29, 0.717) is 25.2 Å². The van der Waals surface area contributed by atoms with Gasteiger partial charge in [0.15, 0.2) is 0 Å². The van der Waals surface area contributed by atoms with Gasteiger partial charge in [-0.25, -0.2) is 8.42 Å². The van der Waals surface area contributed by atoms with Crippen LogP contribution in [0.2, 0.25) is 0 Å². The van der Waals surface area contributed by atoms with Crippen LogP contribution in [0.3, 0.4) is 0 Å². The van der Waals surface area contributed by atoms with E-state index in [-0.39, 0.29) is 41.5 Å². The Morgan fingerprint density at radius 1 is 1.11 bits per heavy atom. The van der Waals surface area contributed by atoms with Crippen LogP contribution in [-0.4, -0.2) is 74.5 Å². The average molecular weight is 418 g/mol. The fourth-order valence-electron chi connectivity index (χ4n) is 3.55. The Balaban J connectivity index is 0.00000261. The summed E-state index contributed by atoms with van der Waals surface area (Å²) >= 11 is 0. The Morgan fingerprint density at radius 3 is 2.26 bits per heavy atom. The van der Waals surface area contributed by atoms with Gasteiger partial charge in [0, 0.05) is 44.3 Å². The van der Waals surface area contributed by atoms with Crippen molar-refractivity contribution < 1.29 is 17.9 Å². The molecule has 0 aliphatic carbocycles. The van der Waals surface area contributed by atoms with Crippen LogP contribution in [0.5, 0.6) is 0 Å². The second-order valence-corrected chi connectivity index (χ2v) is 9.09. The molecule has 0 saturated carbocycles. The topological polar surface area (TPSA) is 79.0 Å². The van der Waals surface area contributed by atoms with Crippen molar-refractivity contribution in [2.24, 2.45) is 0 Å². The lowest BCUT2D eigenvalue weighted by atomic mass is 10.1. The van der Waals surface area contributed by atoms with Crippen LogP contribution >= 0.6 is 12.4 Å². The predicted octanol–water partition coefficient (Wildman–Crippen LogP) is 1.34. The van der Waals surface area contributed by atoms with Crippen LogP contribution in [0.25, 0.3) is 0 Å². The SMILES string of the molecule is CC1CN(S(=O)(=O)c2ccc(C(=O)N3CCNC[C@@H]3C)cc2)CC(C)O1.Cl. The number of morpholine rings is 1. The third-order valence-corrected chi connectivity index (χ3v) is 6.73. The molecule has 2 saturated heterocycles. The normalized spacial score (nSPS) is 27.1. The largest absolute Gasteiger partial charge is 0.373 e. The number of hydrogen-bond donors (Lipinski definition) is 1. The molecule has 1 aromatic carbocycles. The van der Waals surface area contributed by atoms with E-state index in [1.54, 1.807) is 12.1 Å². The standard InChI is InChI=1S/C18H27N3O4S.ClH/c1-13-10-19-8-9-21(13)18(22)16-4-6-17(7-5-16)26(23,24)20-11-14(2)25-15(3)12-20;/h4-7,13-15,19H,8-12H2,1-3H3;1H/t13-,14?,15?;/m0./s1. The molecule has 1 aromatic rings. The van der Waals surface area contributed by atoms with E-state index >= 15 is 0 Å². The van der Waals surface area contributed by atoms with E-state index in [4.69, 9.17) is 4.74 Å². The molecule has 3 rings (SSSR count). The summed E-state index contributed by atoms with van der Waals surface area (Å²) < 4.78 is 32.8. The minimum atomic E-state index is -3.59. The number of nitrogens with zero attached hydrogens (tertiary/aromatic N) is 2. The van der Waals surface area contributed by atoms with Gasteiger partial charge in [-0.3, -0.25) is 4.79 Å². The van der Waals surface area contributed by atoms with Gasteiger partial charge >= 0.3 is 0 Å². The van der Waals surface area contributed by atoms with E-state index in [9.17, 15) is 13.2 Å². The second kappa shape index (κ2) is 8.87. The Kier molecular flexibility index (Phi) is 7.27. The van der Waals surface area contributed by atoms with Crippen LogP contribution in [0, 0.1) is 0 Å². The molecule has 2 aliphatic rings. The summed E-state index contributed by atoms with van der Waals surface area (Å²) in [5.74, 6) is -0.0587. The number of piperazine rings is 1. The summed E-state index contributed by atoms with van der Waals surface area (Å²) in [7, 11) is -3.59. The summed E-state index contributed by atoms with van der Waals surface area (Å²) in [4.78, 5) is 14.7. The summed E-state index contributed by atoms with van der Waals surface area (Å²) in [5.41, 5.74) is 0.515. The Bertz CT molecular complexity index is 746. The smallest absolute Gasteiger partial charge is 0.254 e. The van der Waals surface area contributed by atoms with Gasteiger partial charge in [-0.1, -0.05) is 0 Å². The van der Waals surface area contributed by atoms with Crippen LogP contribution in [0.1, 0.15) is 31.1 Å². The maximum Gasteiger partial charge on any atom is 0.254 e. The lowest BCUT2D eigenvalue weighted by Gasteiger charge is -2.34. The van der Waals surface area contributed by atoms with E-state index in [2.05, 4.69) is 5.32 Å². The van der Waals surface area contributed by atoms with E-state index in [1.165, 1.54) is 16.4 Å². The molecule has 1 N–H and O–H groups in total. The lowest BCUT2D eigenvalue weighted by molar-refractivity contribution is -0.0440. The van der Waals surface area contributed by atoms with Crippen LogP contribution < -0.4 is 5.32 Å². The van der Waals surface area contributed by atoms with Gasteiger partial charge in [-0.05, 0) is 45.0 Å². The molecule has 2 heterocycles. The fraction of sp³-hybridized carbons (Fsp3) is 0.611. The van der Waals surface area contributed by atoms with Crippen molar-refractivity contribution in [1.29, 1.82) is 0 Å². The molecule has 1 amide bonds. The first-order valence-electron chi connectivity index (χ1n) is 9.06. The first kappa shape index (κ1) is 22.1. The van der Waals surface area contributed by atoms with Gasteiger partial charge in [0.1, 0.15) is 0 Å². The molecule has 0 bridgehead atoms. The monoisotopic (exact) mass is 417 g/mol. The number of amides is 1. The predicted molar refractivity (Wildman–Crippen MR) is 106 cm³/mol. The van der Waals surface area contributed by atoms with Gasteiger partial charge < -0.3 is 15.0 Å². The minimum Gasteiger partial charge on any atom is -0.373 e. The number of ether oxygens (including phenoxy) is 1. The summed E-state index contributed by atoms with van der Waals surface area (Å²) in [6.07, 6.45) is -0.271. The first-order chi connectivity index (χ1) is 12.3. The Hall–Kier alpha value is -1.19. The fourth-order valence-corrected chi connectivity index (χ4v) is 5.14. The average Bonchev–Trinajstić information content (AvgIpc) is 2.61. The highest BCUT2D eigenvalue weighted by Gasteiger charge is 2.32. The van der Waals surface area contributed by atoms with Gasteiger partial charge in [0.25, 0.3) is 5.91 Å². The highest BCUT2D eigenvalue weighted by atomic mass is 35.5. The molecule has 0 radical (unpaired) electrons. The number of carbonyl (C=O) groups excluding carboxylic acids is 1. The number of hydrogen-bond acceptors (Lipinski definition) is 5. The molecular formula is C18H28ClN3O4S. The zero-order valence-corrected chi connectivity index (χ0v) is 17.6. The molecular weight excluding hydrogens is 390 g/mol. The highest BCUT2D eigenvalue weighted by Crippen LogP contribution is 2.22. The molecule has 0 spiro atoms. The van der Waals surface area contributed by atoms with Crippen LogP contribution in [0.4, 0.5) is 0 Å². The molecule has 27 heavy (non-hydrogen) atoms. The first-order valence-corrected chi connectivity index (χ1v) is 10.5. The van der Waals surface area contributed by atoms with Crippen molar-refractivity contribution in [2.45, 2.75) is 43.9 Å². The molecule has 7 nitrogen and oxygen atoms in total. The van der Waals surface area contributed by atoms with Crippen molar-refractivity contribution in [2.75, 3.05) is 32.7 Å². The number of rotatable bonds is 3. The number of halogens is 1. The van der Waals surface area contributed by atoms with Crippen molar-refractivity contribution in [3.63, 3.8) is 0 Å². The van der Waals surface area contributed by atoms with Crippen molar-refractivity contribution >= 4 is 28.3 Å². The maximum absolute atomic E-state index is 12.9. The molecule has 0 aromatic heterocycles. The number of carbonyl (C=O) groups is 1. The van der Waals surface area contributed by atoms with Gasteiger partial charge in [-0.15, -0.1) is 12.4 Å². The minimum absolute atomic E-state index is 0. The zero-order valence-electron chi connectivity index (χ0n) is 15.9. The molecule has 2 unspecified atom stereocenters. The highest BCUT2D eigenvalue weighted by molar-refractivity contribution is 7.89. The van der Waals surface area contributed by atoms with E-state index in [1.807, 2.05) is 25.7 Å². The molecule has 152 valence electrons. The second-order valence-electron chi connectivity index (χ2n) is 7.16. The molecule has 9 heteroatoms. The van der Waals surface area contributed by atoms with Gasteiger partial charge in [0.2, 0.25) is 10.0 Å². The lowest BCUT2D eigenvalue weighted by Crippen LogP contribution is -2.52. The number of nitrogens with one attached hydrogen (secondary N) is 1. The summed E-state index contributed by atoms with van der Waals surface area (Å²) in [6, 6.07) is 6.39. The Morgan fingerprint density at radius 2 is 1.70 bits per heavy atom. The van der Waals surface area contributed by atoms with Gasteiger partial charge in [-0.2, -0.15) is 4.31 Å². The number of sulfonamides is 1. The van der Waals surface area contributed by atoms with Crippen molar-refractivity contribution in [1.82, 2.24) is 14.5 Å². The molecule has 2 aliphatic heterocycles. The van der Waals surface area contributed by atoms with Gasteiger partial charge in [0.05, 0.1) is 17.1 Å². The summed E-state index contributed by atoms with van der Waals surface area (Å²) in [6.45, 7) is 8.62. The quantitative estimate of drug-likeness (QED) is 0.802. The molecule has 3 atom stereocenters. The van der Waals surface area contributed by atoms with Crippen LogP contribution in [-0.2, 0) is 14.8 Å². The van der Waals surface area contributed by atoms with Crippen molar-refractivity contribution in [3.05, 3.63) is 29.8 Å². The maximum atomic E-state index is 12.9. The van der Waals surface area contributed by atoms with E-state index in [0.717, 1.165) is 13.1 Å². The third-order valence-electron chi connectivity index (χ3n) is 4.89. The molecule has 2 fully saturated rings. The van der Waals surface area contributed by atoms with Crippen LogP contribution in [0.15, 0.2) is 29.2 Å². The Labute approximate surface area is 167 Å². The summed E-state index contributed by atoms with van der Waals surface area (Å²) in [5, 5.41) is 3.25.